The van der Waals surface area contributed by atoms with E-state index in [-0.39, 0.29) is 17.1 Å². The number of methoxy groups -OCH3 is 1. The Morgan fingerprint density at radius 3 is 2.54 bits per heavy atom. The van der Waals surface area contributed by atoms with E-state index in [2.05, 4.69) is 20.8 Å². The van der Waals surface area contributed by atoms with Crippen LogP contribution in [-0.2, 0) is 0 Å². The molecule has 0 N–H and O–H groups in total. The van der Waals surface area contributed by atoms with Crippen molar-refractivity contribution in [3.8, 4) is 11.5 Å². The summed E-state index contributed by atoms with van der Waals surface area (Å²) >= 11 is 0. The zero-order chi connectivity index (χ0) is 25.3. The van der Waals surface area contributed by atoms with E-state index in [4.69, 9.17) is 13.9 Å². The number of fused-ring (bicyclic) bond motifs is 2. The summed E-state index contributed by atoms with van der Waals surface area (Å²) in [5.41, 5.74) is 3.37. The molecule has 3 aromatic rings. The third kappa shape index (κ3) is 4.66. The van der Waals surface area contributed by atoms with Gasteiger partial charge >= 0.3 is 0 Å². The second-order valence-electron chi connectivity index (χ2n) is 9.83. The minimum Gasteiger partial charge on any atom is -0.493 e. The van der Waals surface area contributed by atoms with Crippen molar-refractivity contribution in [2.45, 2.75) is 59.9 Å². The molecule has 1 atom stereocenters. The lowest BCUT2D eigenvalue weighted by atomic mass is 9.97. The maximum atomic E-state index is 13.8. The van der Waals surface area contributed by atoms with Crippen molar-refractivity contribution < 1.29 is 18.7 Å². The number of unbranched alkanes of at least 4 members (excludes halogenated alkanes) is 1. The fourth-order valence-corrected chi connectivity index (χ4v) is 4.76. The van der Waals surface area contributed by atoms with Crippen LogP contribution in [0.3, 0.4) is 0 Å². The zero-order valence-corrected chi connectivity index (χ0v) is 21.6. The molecule has 0 radical (unpaired) electrons. The van der Waals surface area contributed by atoms with E-state index in [9.17, 15) is 9.59 Å². The Balaban J connectivity index is 1.85. The summed E-state index contributed by atoms with van der Waals surface area (Å²) in [7, 11) is 1.60. The van der Waals surface area contributed by atoms with Gasteiger partial charge in [-0.1, -0.05) is 39.3 Å². The highest BCUT2D eigenvalue weighted by atomic mass is 16.5. The van der Waals surface area contributed by atoms with E-state index in [1.165, 1.54) is 0 Å². The molecule has 1 aliphatic heterocycles. The smallest absolute Gasteiger partial charge is 0.290 e. The number of hydrogen-bond donors (Lipinski definition) is 0. The van der Waals surface area contributed by atoms with Gasteiger partial charge in [0.25, 0.3) is 5.91 Å². The molecular formula is C29H35NO5. The van der Waals surface area contributed by atoms with E-state index >= 15 is 0 Å². The highest BCUT2D eigenvalue weighted by molar-refractivity contribution is 5.99. The number of carbonyl (C=O) groups excluding carboxylic acids is 1. The molecule has 0 saturated heterocycles. The summed E-state index contributed by atoms with van der Waals surface area (Å²) in [5, 5.41) is 0.511. The second kappa shape index (κ2) is 10.1. The molecule has 4 rings (SSSR count). The number of rotatable bonds is 9. The van der Waals surface area contributed by atoms with Crippen LogP contribution in [0.5, 0.6) is 11.5 Å². The quantitative estimate of drug-likeness (QED) is 0.368. The first kappa shape index (κ1) is 24.8. The van der Waals surface area contributed by atoms with Crippen LogP contribution in [0.25, 0.3) is 11.0 Å². The fourth-order valence-electron chi connectivity index (χ4n) is 4.76. The third-order valence-electron chi connectivity index (χ3n) is 6.61. The maximum Gasteiger partial charge on any atom is 0.290 e. The van der Waals surface area contributed by atoms with Crippen LogP contribution in [0.2, 0.25) is 0 Å². The number of nitrogens with zero attached hydrogens (tertiary/aromatic N) is 1. The molecule has 1 aromatic heterocycles. The number of carbonyl (C=O) groups is 1. The standard InChI is InChI=1S/C29H35NO5/c1-7-8-12-30-25(20-9-10-22(23(16-20)33-6)34-13-11-17(2)3)24-26(31)21-15-18(4)14-19(5)27(21)35-28(24)29(30)32/h9-10,14-17,25H,7-8,11-13H2,1-6H3. The summed E-state index contributed by atoms with van der Waals surface area (Å²) in [6, 6.07) is 8.94. The van der Waals surface area contributed by atoms with Crippen molar-refractivity contribution in [1.82, 2.24) is 4.90 Å². The first-order valence-corrected chi connectivity index (χ1v) is 12.5. The molecule has 0 aliphatic carbocycles. The predicted octanol–water partition coefficient (Wildman–Crippen LogP) is 6.19. The monoisotopic (exact) mass is 477 g/mol. The fraction of sp³-hybridized carbons (Fsp3) is 0.448. The molecule has 2 heterocycles. The van der Waals surface area contributed by atoms with E-state index in [1.54, 1.807) is 12.0 Å². The van der Waals surface area contributed by atoms with Gasteiger partial charge in [0.1, 0.15) is 5.58 Å². The number of benzene rings is 2. The van der Waals surface area contributed by atoms with Crippen LogP contribution >= 0.6 is 0 Å². The molecule has 1 amide bonds. The first-order valence-electron chi connectivity index (χ1n) is 12.5. The highest BCUT2D eigenvalue weighted by Gasteiger charge is 2.42. The topological polar surface area (TPSA) is 69.0 Å². The van der Waals surface area contributed by atoms with Gasteiger partial charge in [0.15, 0.2) is 16.9 Å². The SMILES string of the molecule is CCCCN1C(=O)c2oc3c(C)cc(C)cc3c(=O)c2C1c1ccc(OCCC(C)C)c(OC)c1. The van der Waals surface area contributed by atoms with Gasteiger partial charge in [0, 0.05) is 6.54 Å². The average Bonchev–Trinajstić information content (AvgIpc) is 3.10. The molecule has 6 heteroatoms. The molecule has 2 aromatic carbocycles. The van der Waals surface area contributed by atoms with Crippen molar-refractivity contribution in [1.29, 1.82) is 0 Å². The Morgan fingerprint density at radius 2 is 1.86 bits per heavy atom. The molecule has 6 nitrogen and oxygen atoms in total. The van der Waals surface area contributed by atoms with Crippen molar-refractivity contribution in [2.75, 3.05) is 20.3 Å². The summed E-state index contributed by atoms with van der Waals surface area (Å²) in [6.45, 7) is 11.4. The Morgan fingerprint density at radius 1 is 1.09 bits per heavy atom. The normalized spacial score (nSPS) is 15.2. The largest absolute Gasteiger partial charge is 0.493 e. The number of amides is 1. The molecule has 186 valence electrons. The second-order valence-corrected chi connectivity index (χ2v) is 9.83. The van der Waals surface area contributed by atoms with Crippen molar-refractivity contribution in [2.24, 2.45) is 5.92 Å². The summed E-state index contributed by atoms with van der Waals surface area (Å²) in [6.07, 6.45) is 2.70. The summed E-state index contributed by atoms with van der Waals surface area (Å²) < 4.78 is 17.8. The van der Waals surface area contributed by atoms with Crippen LogP contribution in [0.1, 0.15) is 78.9 Å². The maximum absolute atomic E-state index is 13.8. The Bertz CT molecular complexity index is 1310. The van der Waals surface area contributed by atoms with Gasteiger partial charge in [-0.3, -0.25) is 9.59 Å². The molecule has 35 heavy (non-hydrogen) atoms. The molecule has 0 saturated carbocycles. The molecule has 1 unspecified atom stereocenters. The Hall–Kier alpha value is -3.28. The van der Waals surface area contributed by atoms with E-state index in [0.29, 0.717) is 47.1 Å². The van der Waals surface area contributed by atoms with Gasteiger partial charge < -0.3 is 18.8 Å². The first-order chi connectivity index (χ1) is 16.8. The van der Waals surface area contributed by atoms with Crippen molar-refractivity contribution in [3.63, 3.8) is 0 Å². The minimum atomic E-state index is -0.538. The molecule has 1 aliphatic rings. The van der Waals surface area contributed by atoms with Crippen molar-refractivity contribution >= 4 is 16.9 Å². The number of hydrogen-bond acceptors (Lipinski definition) is 5. The van der Waals surface area contributed by atoms with E-state index < -0.39 is 6.04 Å². The lowest BCUT2D eigenvalue weighted by molar-refractivity contribution is 0.0725. The van der Waals surface area contributed by atoms with E-state index in [1.807, 2.05) is 44.2 Å². The van der Waals surface area contributed by atoms with Gasteiger partial charge in [-0.2, -0.15) is 0 Å². The van der Waals surface area contributed by atoms with Gasteiger partial charge in [-0.25, -0.2) is 0 Å². The van der Waals surface area contributed by atoms with Crippen LogP contribution < -0.4 is 14.9 Å². The Labute approximate surface area is 206 Å². The molecule has 0 bridgehead atoms. The minimum absolute atomic E-state index is 0.145. The molecule has 0 spiro atoms. The van der Waals surface area contributed by atoms with E-state index in [0.717, 1.165) is 36.0 Å². The summed E-state index contributed by atoms with van der Waals surface area (Å²) in [5.74, 6) is 1.67. The van der Waals surface area contributed by atoms with Gasteiger partial charge in [-0.15, -0.1) is 0 Å². The van der Waals surface area contributed by atoms with Crippen LogP contribution in [0.15, 0.2) is 39.5 Å². The number of ether oxygens (including phenoxy) is 2. The zero-order valence-electron chi connectivity index (χ0n) is 21.6. The number of aryl methyl sites for hydroxylation is 2. The molecular weight excluding hydrogens is 442 g/mol. The lowest BCUT2D eigenvalue weighted by Crippen LogP contribution is -2.30. The van der Waals surface area contributed by atoms with Gasteiger partial charge in [-0.05, 0) is 67.5 Å². The van der Waals surface area contributed by atoms with Crippen molar-refractivity contribution in [3.05, 3.63) is 68.6 Å². The van der Waals surface area contributed by atoms with Crippen LogP contribution in [-0.4, -0.2) is 31.1 Å². The van der Waals surface area contributed by atoms with Crippen LogP contribution in [0.4, 0.5) is 0 Å². The van der Waals surface area contributed by atoms with Gasteiger partial charge in [0.2, 0.25) is 5.76 Å². The highest BCUT2D eigenvalue weighted by Crippen LogP contribution is 2.41. The average molecular weight is 478 g/mol. The lowest BCUT2D eigenvalue weighted by Gasteiger charge is -2.25. The summed E-state index contributed by atoms with van der Waals surface area (Å²) in [4.78, 5) is 29.1. The molecule has 0 fully saturated rings. The Kier molecular flexibility index (Phi) is 7.20. The predicted molar refractivity (Wildman–Crippen MR) is 138 cm³/mol. The van der Waals surface area contributed by atoms with Crippen LogP contribution in [0, 0.1) is 19.8 Å². The third-order valence-corrected chi connectivity index (χ3v) is 6.61. The van der Waals surface area contributed by atoms with Gasteiger partial charge in [0.05, 0.1) is 30.7 Å².